The van der Waals surface area contributed by atoms with E-state index in [2.05, 4.69) is 0 Å². The van der Waals surface area contributed by atoms with Crippen LogP contribution in [-0.2, 0) is 27.3 Å². The van der Waals surface area contributed by atoms with Crippen molar-refractivity contribution in [3.63, 3.8) is 0 Å². The van der Waals surface area contributed by atoms with Crippen molar-refractivity contribution in [2.75, 3.05) is 19.8 Å². The molecular weight excluding hydrogens is 530 g/mol. The Morgan fingerprint density at radius 1 is 1.05 bits per heavy atom. The lowest BCUT2D eigenvalue weighted by Crippen LogP contribution is -2.54. The smallest absolute Gasteiger partial charge is 0.381 e. The second kappa shape index (κ2) is 10.9. The third-order valence-electron chi connectivity index (χ3n) is 8.66. The average molecular weight is 565 g/mol. The van der Waals surface area contributed by atoms with Crippen LogP contribution in [0.5, 0.6) is 0 Å². The molecule has 1 unspecified atom stereocenters. The van der Waals surface area contributed by atoms with Crippen LogP contribution in [0.1, 0.15) is 68.7 Å². The molecule has 2 aliphatic heterocycles. The number of halogens is 6. The molecule has 0 aromatic heterocycles. The number of carbonyl (C=O) groups is 2. The van der Waals surface area contributed by atoms with Gasteiger partial charge in [-0.05, 0) is 61.1 Å². The van der Waals surface area contributed by atoms with Gasteiger partial charge in [0.2, 0.25) is 5.91 Å². The molecule has 0 radical (unpaired) electrons. The third-order valence-corrected chi connectivity index (χ3v) is 8.66. The molecule has 1 aliphatic carbocycles. The van der Waals surface area contributed by atoms with Crippen molar-refractivity contribution in [1.82, 2.24) is 9.80 Å². The largest absolute Gasteiger partial charge is 0.471 e. The summed E-state index contributed by atoms with van der Waals surface area (Å²) in [6.07, 6.45) is -10.9. The highest BCUT2D eigenvalue weighted by Crippen LogP contribution is 2.49. The van der Waals surface area contributed by atoms with E-state index in [0.717, 1.165) is 10.5 Å². The maximum atomic E-state index is 14.0. The SMILES string of the molecule is CC(C)[C@]1(C(=O)N2CCc3ccc(C(O)C(F)(F)F)cc3C2)CC[C@@H](N(C(=O)C(F)(F)F)C2CCOCC2)C1. The van der Waals surface area contributed by atoms with Crippen molar-refractivity contribution in [2.24, 2.45) is 11.3 Å². The summed E-state index contributed by atoms with van der Waals surface area (Å²) in [4.78, 5) is 29.1. The second-order valence-electron chi connectivity index (χ2n) is 11.2. The average Bonchev–Trinajstić information content (AvgIpc) is 3.33. The zero-order chi connectivity index (χ0) is 28.8. The van der Waals surface area contributed by atoms with Crippen LogP contribution in [0.2, 0.25) is 0 Å². The number of hydrogen-bond donors (Lipinski definition) is 1. The van der Waals surface area contributed by atoms with Crippen molar-refractivity contribution < 1.29 is 45.8 Å². The number of aliphatic hydroxyl groups is 1. The van der Waals surface area contributed by atoms with Gasteiger partial charge >= 0.3 is 18.3 Å². The van der Waals surface area contributed by atoms with E-state index in [1.54, 1.807) is 4.90 Å². The van der Waals surface area contributed by atoms with E-state index in [-0.39, 0.29) is 62.8 Å². The predicted molar refractivity (Wildman–Crippen MR) is 128 cm³/mol. The first-order chi connectivity index (χ1) is 18.1. The van der Waals surface area contributed by atoms with Crippen LogP contribution < -0.4 is 0 Å². The molecule has 2 fully saturated rings. The molecule has 3 atom stereocenters. The number of aliphatic hydroxyl groups excluding tert-OH is 1. The predicted octanol–water partition coefficient (Wildman–Crippen LogP) is 4.93. The molecule has 1 N–H and O–H groups in total. The Balaban J connectivity index is 1.57. The van der Waals surface area contributed by atoms with Gasteiger partial charge < -0.3 is 19.6 Å². The lowest BCUT2D eigenvalue weighted by atomic mass is 9.73. The Morgan fingerprint density at radius 3 is 2.31 bits per heavy atom. The lowest BCUT2D eigenvalue weighted by molar-refractivity contribution is -0.206. The number of carbonyl (C=O) groups excluding carboxylic acids is 2. The Kier molecular flexibility index (Phi) is 8.29. The Hall–Kier alpha value is -2.34. The molecule has 4 rings (SSSR count). The molecule has 0 spiro atoms. The van der Waals surface area contributed by atoms with E-state index < -0.39 is 41.9 Å². The minimum absolute atomic E-state index is 0.0386. The lowest BCUT2D eigenvalue weighted by Gasteiger charge is -2.42. The minimum Gasteiger partial charge on any atom is -0.381 e. The molecule has 2 amide bonds. The van der Waals surface area contributed by atoms with E-state index in [9.17, 15) is 41.0 Å². The summed E-state index contributed by atoms with van der Waals surface area (Å²) in [7, 11) is 0. The molecule has 1 saturated heterocycles. The molecule has 3 aliphatic rings. The summed E-state index contributed by atoms with van der Waals surface area (Å²) < 4.78 is 85.4. The van der Waals surface area contributed by atoms with Crippen molar-refractivity contribution in [1.29, 1.82) is 0 Å². The first-order valence-corrected chi connectivity index (χ1v) is 13.3. The summed E-state index contributed by atoms with van der Waals surface area (Å²) in [5.74, 6) is -2.40. The summed E-state index contributed by atoms with van der Waals surface area (Å²) in [5.41, 5.74) is -0.0464. The Morgan fingerprint density at radius 2 is 1.72 bits per heavy atom. The molecule has 1 aromatic carbocycles. The number of amides is 2. The topological polar surface area (TPSA) is 70.1 Å². The van der Waals surface area contributed by atoms with E-state index in [4.69, 9.17) is 4.74 Å². The van der Waals surface area contributed by atoms with Crippen LogP contribution in [-0.4, -0.2) is 70.9 Å². The summed E-state index contributed by atoms with van der Waals surface area (Å²) in [6.45, 7) is 4.53. The van der Waals surface area contributed by atoms with Crippen LogP contribution in [0.25, 0.3) is 0 Å². The maximum absolute atomic E-state index is 14.0. The molecule has 0 bridgehead atoms. The van der Waals surface area contributed by atoms with E-state index in [1.165, 1.54) is 18.2 Å². The summed E-state index contributed by atoms with van der Waals surface area (Å²) in [5, 5.41) is 9.69. The zero-order valence-electron chi connectivity index (χ0n) is 21.9. The van der Waals surface area contributed by atoms with Crippen LogP contribution in [0.3, 0.4) is 0 Å². The zero-order valence-corrected chi connectivity index (χ0v) is 21.9. The number of benzene rings is 1. The van der Waals surface area contributed by atoms with Gasteiger partial charge in [-0.2, -0.15) is 26.3 Å². The van der Waals surface area contributed by atoms with Gasteiger partial charge in [0.25, 0.3) is 0 Å². The van der Waals surface area contributed by atoms with Crippen molar-refractivity contribution in [2.45, 2.75) is 89.5 Å². The first kappa shape index (κ1) is 29.6. The van der Waals surface area contributed by atoms with E-state index in [0.29, 0.717) is 24.9 Å². The Bertz CT molecular complexity index is 1070. The highest BCUT2D eigenvalue weighted by molar-refractivity contribution is 5.85. The number of alkyl halides is 6. The molecule has 2 heterocycles. The van der Waals surface area contributed by atoms with Crippen LogP contribution >= 0.6 is 0 Å². The molecule has 218 valence electrons. The number of rotatable bonds is 5. The van der Waals surface area contributed by atoms with Crippen molar-refractivity contribution >= 4 is 11.8 Å². The molecule has 1 saturated carbocycles. The molecule has 12 heteroatoms. The van der Waals surface area contributed by atoms with Gasteiger partial charge in [0.05, 0.1) is 5.41 Å². The standard InChI is InChI=1S/C27H34F6N2O4/c1-16(2)25(9-5-21(14-25)35(24(38)27(31,32)33)20-7-11-39-12-8-20)23(37)34-10-6-17-3-4-18(13-19(17)15-34)22(36)26(28,29)30/h3-4,13,16,20-22,36H,5-12,14-15H2,1-2H3/t21-,22?,25+/m1/s1. The quantitative estimate of drug-likeness (QED) is 0.515. The number of fused-ring (bicyclic) bond motifs is 1. The van der Waals surface area contributed by atoms with Crippen molar-refractivity contribution in [3.05, 3.63) is 34.9 Å². The van der Waals surface area contributed by atoms with Gasteiger partial charge in [-0.15, -0.1) is 0 Å². The molecule has 39 heavy (non-hydrogen) atoms. The van der Waals surface area contributed by atoms with Gasteiger partial charge in [0, 0.05) is 38.4 Å². The fourth-order valence-corrected chi connectivity index (χ4v) is 6.42. The molecular formula is C27H34F6N2O4. The van der Waals surface area contributed by atoms with Gasteiger partial charge in [0.1, 0.15) is 0 Å². The number of nitrogens with zero attached hydrogens (tertiary/aromatic N) is 2. The monoisotopic (exact) mass is 564 g/mol. The van der Waals surface area contributed by atoms with Gasteiger partial charge in [-0.1, -0.05) is 32.0 Å². The van der Waals surface area contributed by atoms with Gasteiger partial charge in [0.15, 0.2) is 6.10 Å². The summed E-state index contributed by atoms with van der Waals surface area (Å²) >= 11 is 0. The third kappa shape index (κ3) is 5.91. The van der Waals surface area contributed by atoms with Crippen LogP contribution in [0, 0.1) is 11.3 Å². The second-order valence-corrected chi connectivity index (χ2v) is 11.2. The van der Waals surface area contributed by atoms with E-state index >= 15 is 0 Å². The van der Waals surface area contributed by atoms with Crippen LogP contribution in [0.15, 0.2) is 18.2 Å². The highest BCUT2D eigenvalue weighted by Gasteiger charge is 2.55. The number of ether oxygens (including phenoxy) is 1. The fraction of sp³-hybridized carbons (Fsp3) is 0.704. The van der Waals surface area contributed by atoms with Gasteiger partial charge in [-0.25, -0.2) is 0 Å². The number of hydrogen-bond acceptors (Lipinski definition) is 4. The maximum Gasteiger partial charge on any atom is 0.471 e. The Labute approximate surface area is 223 Å². The highest BCUT2D eigenvalue weighted by atomic mass is 19.4. The minimum atomic E-state index is -5.04. The molecule has 6 nitrogen and oxygen atoms in total. The first-order valence-electron chi connectivity index (χ1n) is 13.3. The van der Waals surface area contributed by atoms with E-state index in [1.807, 2.05) is 13.8 Å². The normalized spacial score (nSPS) is 25.5. The van der Waals surface area contributed by atoms with Crippen LogP contribution in [0.4, 0.5) is 26.3 Å². The van der Waals surface area contributed by atoms with Gasteiger partial charge in [-0.3, -0.25) is 9.59 Å². The van der Waals surface area contributed by atoms with Crippen molar-refractivity contribution in [3.8, 4) is 0 Å². The summed E-state index contributed by atoms with van der Waals surface area (Å²) in [6, 6.07) is 2.63. The molecule has 1 aromatic rings. The fourth-order valence-electron chi connectivity index (χ4n) is 6.42.